The Morgan fingerprint density at radius 1 is 1.25 bits per heavy atom. The van der Waals surface area contributed by atoms with E-state index in [1.54, 1.807) is 18.0 Å². The van der Waals surface area contributed by atoms with E-state index in [0.717, 1.165) is 15.8 Å². The molecule has 0 atom stereocenters. The van der Waals surface area contributed by atoms with Crippen LogP contribution in [0.2, 0.25) is 0 Å². The fraction of sp³-hybridized carbons (Fsp3) is 0.263. The molecular weight excluding hydrogens is 384 g/mol. The van der Waals surface area contributed by atoms with Crippen molar-refractivity contribution in [2.75, 3.05) is 5.75 Å². The summed E-state index contributed by atoms with van der Waals surface area (Å²) >= 11 is 5.01. The Hall–Kier alpha value is -1.59. The molecule has 24 heavy (non-hydrogen) atoms. The molecule has 0 radical (unpaired) electrons. The Labute approximate surface area is 156 Å². The lowest BCUT2D eigenvalue weighted by atomic mass is 10.0. The molecule has 0 saturated heterocycles. The first kappa shape index (κ1) is 18.7. The average Bonchev–Trinajstić information content (AvgIpc) is 2.55. The molecular formula is C19H21BrN2OS. The number of thioether (sulfide) groups is 1. The van der Waals surface area contributed by atoms with Crippen LogP contribution in [0.15, 0.2) is 58.1 Å². The van der Waals surface area contributed by atoms with Crippen LogP contribution in [0.4, 0.5) is 0 Å². The van der Waals surface area contributed by atoms with Crippen LogP contribution in [0, 0.1) is 0 Å². The fourth-order valence-corrected chi connectivity index (χ4v) is 3.28. The number of hydrogen-bond donors (Lipinski definition) is 1. The number of hydrazone groups is 1. The van der Waals surface area contributed by atoms with Crippen molar-refractivity contribution in [1.29, 1.82) is 0 Å². The van der Waals surface area contributed by atoms with Crippen LogP contribution in [-0.4, -0.2) is 17.9 Å². The molecule has 0 aliphatic carbocycles. The summed E-state index contributed by atoms with van der Waals surface area (Å²) in [5, 5.41) is 4.01. The van der Waals surface area contributed by atoms with Gasteiger partial charge in [-0.2, -0.15) is 5.10 Å². The third-order valence-corrected chi connectivity index (χ3v) is 4.89. The first-order chi connectivity index (χ1) is 11.5. The Balaban J connectivity index is 1.72. The number of halogens is 1. The molecule has 1 amide bonds. The van der Waals surface area contributed by atoms with Crippen LogP contribution in [-0.2, 0) is 10.5 Å². The van der Waals surface area contributed by atoms with Crippen LogP contribution < -0.4 is 5.43 Å². The van der Waals surface area contributed by atoms with Crippen LogP contribution in [0.1, 0.15) is 36.5 Å². The minimum absolute atomic E-state index is 0.0925. The van der Waals surface area contributed by atoms with Crippen molar-refractivity contribution in [3.63, 3.8) is 0 Å². The third kappa shape index (κ3) is 6.49. The molecule has 0 bridgehead atoms. The number of nitrogens with zero attached hydrogens (tertiary/aromatic N) is 1. The molecule has 3 nitrogen and oxygen atoms in total. The largest absolute Gasteiger partial charge is 0.272 e. The zero-order valence-corrected chi connectivity index (χ0v) is 16.2. The highest BCUT2D eigenvalue weighted by Crippen LogP contribution is 2.17. The van der Waals surface area contributed by atoms with Crippen LogP contribution >= 0.6 is 27.7 Å². The molecule has 0 aliphatic rings. The van der Waals surface area contributed by atoms with Crippen molar-refractivity contribution in [3.05, 3.63) is 69.7 Å². The van der Waals surface area contributed by atoms with Gasteiger partial charge in [-0.15, -0.1) is 11.8 Å². The van der Waals surface area contributed by atoms with E-state index in [0.29, 0.717) is 11.7 Å². The van der Waals surface area contributed by atoms with Crippen molar-refractivity contribution >= 4 is 39.8 Å². The van der Waals surface area contributed by atoms with Gasteiger partial charge in [-0.25, -0.2) is 5.43 Å². The third-order valence-electron chi connectivity index (χ3n) is 3.40. The zero-order chi connectivity index (χ0) is 17.4. The monoisotopic (exact) mass is 404 g/mol. The van der Waals surface area contributed by atoms with Crippen molar-refractivity contribution < 1.29 is 4.79 Å². The summed E-state index contributed by atoms with van der Waals surface area (Å²) in [6, 6.07) is 16.3. The summed E-state index contributed by atoms with van der Waals surface area (Å²) in [6.07, 6.45) is 1.67. The molecule has 1 N–H and O–H groups in total. The highest BCUT2D eigenvalue weighted by atomic mass is 79.9. The molecule has 0 unspecified atom stereocenters. The van der Waals surface area contributed by atoms with Crippen molar-refractivity contribution in [2.45, 2.75) is 25.5 Å². The molecule has 0 spiro atoms. The van der Waals surface area contributed by atoms with Crippen LogP contribution in [0.25, 0.3) is 0 Å². The second-order valence-electron chi connectivity index (χ2n) is 5.74. The topological polar surface area (TPSA) is 41.5 Å². The van der Waals surface area contributed by atoms with E-state index >= 15 is 0 Å². The second-order valence-corrected chi connectivity index (χ2v) is 7.64. The number of rotatable bonds is 7. The van der Waals surface area contributed by atoms with Gasteiger partial charge in [0.05, 0.1) is 12.0 Å². The Morgan fingerprint density at radius 2 is 2.00 bits per heavy atom. The van der Waals surface area contributed by atoms with Gasteiger partial charge in [-0.3, -0.25) is 4.79 Å². The molecule has 0 aliphatic heterocycles. The van der Waals surface area contributed by atoms with Gasteiger partial charge in [0.15, 0.2) is 0 Å². The van der Waals surface area contributed by atoms with E-state index in [9.17, 15) is 4.79 Å². The summed E-state index contributed by atoms with van der Waals surface area (Å²) < 4.78 is 1.05. The molecule has 126 valence electrons. The number of carbonyl (C=O) groups excluding carboxylic acids is 1. The maximum absolute atomic E-state index is 11.8. The van der Waals surface area contributed by atoms with Crippen LogP contribution in [0.3, 0.4) is 0 Å². The van der Waals surface area contributed by atoms with Gasteiger partial charge < -0.3 is 0 Å². The van der Waals surface area contributed by atoms with Gasteiger partial charge in [0.25, 0.3) is 0 Å². The summed E-state index contributed by atoms with van der Waals surface area (Å²) in [6.45, 7) is 4.32. The molecule has 2 aromatic rings. The van der Waals surface area contributed by atoms with E-state index in [4.69, 9.17) is 0 Å². The standard InChI is InChI=1S/C19H21BrN2OS/c1-14(2)17-8-6-15(7-9-17)11-21-22-19(23)13-24-12-16-4-3-5-18(20)10-16/h3-11,14H,12-13H2,1-2H3,(H,22,23)/b21-11-. The number of hydrogen-bond acceptors (Lipinski definition) is 3. The van der Waals surface area contributed by atoms with Gasteiger partial charge in [-0.05, 0) is 34.7 Å². The van der Waals surface area contributed by atoms with E-state index in [1.165, 1.54) is 11.1 Å². The van der Waals surface area contributed by atoms with Crippen molar-refractivity contribution in [3.8, 4) is 0 Å². The molecule has 2 aromatic carbocycles. The lowest BCUT2D eigenvalue weighted by molar-refractivity contribution is -0.118. The van der Waals surface area contributed by atoms with Gasteiger partial charge in [0, 0.05) is 10.2 Å². The smallest absolute Gasteiger partial charge is 0.250 e. The summed E-state index contributed by atoms with van der Waals surface area (Å²) in [5.41, 5.74) is 6.02. The molecule has 0 heterocycles. The number of benzene rings is 2. The van der Waals surface area contributed by atoms with E-state index in [1.807, 2.05) is 24.3 Å². The summed E-state index contributed by atoms with van der Waals surface area (Å²) in [7, 11) is 0. The highest BCUT2D eigenvalue weighted by Gasteiger charge is 2.01. The van der Waals surface area contributed by atoms with E-state index in [2.05, 4.69) is 64.6 Å². The predicted molar refractivity (Wildman–Crippen MR) is 107 cm³/mol. The normalized spacial score (nSPS) is 11.2. The van der Waals surface area contributed by atoms with Gasteiger partial charge in [-0.1, -0.05) is 66.2 Å². The second kappa shape index (κ2) is 9.64. The lowest BCUT2D eigenvalue weighted by Crippen LogP contribution is -2.19. The SMILES string of the molecule is CC(C)c1ccc(/C=N\NC(=O)CSCc2cccc(Br)c2)cc1. The summed E-state index contributed by atoms with van der Waals surface area (Å²) in [4.78, 5) is 11.8. The Morgan fingerprint density at radius 3 is 2.67 bits per heavy atom. The Kier molecular flexibility index (Phi) is 7.53. The van der Waals surface area contributed by atoms with Gasteiger partial charge in [0.2, 0.25) is 5.91 Å². The maximum Gasteiger partial charge on any atom is 0.250 e. The maximum atomic E-state index is 11.8. The molecule has 0 fully saturated rings. The molecule has 2 rings (SSSR count). The highest BCUT2D eigenvalue weighted by molar-refractivity contribution is 9.10. The quantitative estimate of drug-likeness (QED) is 0.523. The van der Waals surface area contributed by atoms with Gasteiger partial charge >= 0.3 is 0 Å². The number of nitrogens with one attached hydrogen (secondary N) is 1. The van der Waals surface area contributed by atoms with Gasteiger partial charge in [0.1, 0.15) is 0 Å². The summed E-state index contributed by atoms with van der Waals surface area (Å²) in [5.74, 6) is 1.60. The fourth-order valence-electron chi connectivity index (χ4n) is 2.07. The van der Waals surface area contributed by atoms with Crippen molar-refractivity contribution in [1.82, 2.24) is 5.43 Å². The average molecular weight is 405 g/mol. The molecule has 5 heteroatoms. The number of amides is 1. The zero-order valence-electron chi connectivity index (χ0n) is 13.8. The number of carbonyl (C=O) groups is 1. The minimum Gasteiger partial charge on any atom is -0.272 e. The predicted octanol–water partition coefficient (Wildman–Crippen LogP) is 4.96. The Bertz CT molecular complexity index is 699. The molecule has 0 saturated carbocycles. The lowest BCUT2D eigenvalue weighted by Gasteiger charge is -2.04. The van der Waals surface area contributed by atoms with Crippen LogP contribution in [0.5, 0.6) is 0 Å². The van der Waals surface area contributed by atoms with E-state index in [-0.39, 0.29) is 5.91 Å². The first-order valence-electron chi connectivity index (χ1n) is 7.78. The van der Waals surface area contributed by atoms with E-state index < -0.39 is 0 Å². The molecule has 0 aromatic heterocycles. The van der Waals surface area contributed by atoms with Crippen molar-refractivity contribution in [2.24, 2.45) is 5.10 Å². The first-order valence-corrected chi connectivity index (χ1v) is 9.73. The minimum atomic E-state index is -0.0925.